The fourth-order valence-corrected chi connectivity index (χ4v) is 3.55. The molecule has 3 heterocycles. The number of halogens is 3. The normalized spacial score (nSPS) is 18.1. The molecule has 0 saturated carbocycles. The van der Waals surface area contributed by atoms with Crippen LogP contribution in [0.25, 0.3) is 5.52 Å². The lowest BCUT2D eigenvalue weighted by atomic mass is 9.82. The Kier molecular flexibility index (Phi) is 3.41. The first kappa shape index (κ1) is 16.4. The molecular weight excluding hydrogens is 388 g/mol. The number of aliphatic imine (C=N–C) groups is 1. The maximum absolute atomic E-state index is 14.9. The summed E-state index contributed by atoms with van der Waals surface area (Å²) < 4.78 is 32.5. The number of alkyl halides is 2. The van der Waals surface area contributed by atoms with E-state index in [1.807, 2.05) is 19.1 Å². The van der Waals surface area contributed by atoms with Crippen molar-refractivity contribution >= 4 is 27.2 Å². The van der Waals surface area contributed by atoms with Crippen LogP contribution in [0.3, 0.4) is 0 Å². The van der Waals surface area contributed by atoms with Crippen LogP contribution in [0.15, 0.2) is 52.1 Å². The van der Waals surface area contributed by atoms with Crippen molar-refractivity contribution < 1.29 is 8.78 Å². The molecule has 1 aromatic carbocycles. The van der Waals surface area contributed by atoms with Crippen molar-refractivity contribution in [3.63, 3.8) is 0 Å². The Morgan fingerprint density at radius 2 is 1.76 bits per heavy atom. The van der Waals surface area contributed by atoms with Crippen molar-refractivity contribution in [1.82, 2.24) is 9.61 Å². The molecule has 25 heavy (non-hydrogen) atoms. The van der Waals surface area contributed by atoms with Crippen LogP contribution >= 0.6 is 15.9 Å². The number of benzene rings is 1. The quantitative estimate of drug-likeness (QED) is 0.553. The third-order valence-electron chi connectivity index (χ3n) is 4.79. The molecule has 0 bridgehead atoms. The average Bonchev–Trinajstić information content (AvgIpc) is 2.99. The van der Waals surface area contributed by atoms with Gasteiger partial charge in [-0.3, -0.25) is 4.99 Å². The minimum atomic E-state index is -3.03. The minimum absolute atomic E-state index is 0.0122. The van der Waals surface area contributed by atoms with E-state index in [4.69, 9.17) is 0 Å². The minimum Gasteiger partial charge on any atom is -0.271 e. The van der Waals surface area contributed by atoms with Gasteiger partial charge < -0.3 is 0 Å². The van der Waals surface area contributed by atoms with Gasteiger partial charge in [-0.15, -0.1) is 0 Å². The molecule has 2 aromatic heterocycles. The predicted molar refractivity (Wildman–Crippen MR) is 97.7 cm³/mol. The fraction of sp³-hybridized carbons (Fsp3) is 0.263. The third-order valence-corrected chi connectivity index (χ3v) is 5.63. The number of pyridine rings is 1. The third kappa shape index (κ3) is 2.20. The van der Waals surface area contributed by atoms with E-state index in [0.29, 0.717) is 11.3 Å². The Labute approximate surface area is 152 Å². The average molecular weight is 404 g/mol. The summed E-state index contributed by atoms with van der Waals surface area (Å²) in [7, 11) is 0. The first-order valence-electron chi connectivity index (χ1n) is 7.95. The van der Waals surface area contributed by atoms with Gasteiger partial charge in [-0.1, -0.05) is 24.3 Å². The van der Waals surface area contributed by atoms with Gasteiger partial charge in [-0.2, -0.15) is 13.9 Å². The molecule has 3 nitrogen and oxygen atoms in total. The van der Waals surface area contributed by atoms with Crippen molar-refractivity contribution in [2.45, 2.75) is 32.2 Å². The van der Waals surface area contributed by atoms with E-state index < -0.39 is 11.5 Å². The molecule has 4 rings (SSSR count). The number of aryl methyl sites for hydroxylation is 1. The number of nitrogens with zero attached hydrogens (tertiary/aromatic N) is 3. The molecule has 0 amide bonds. The number of hydrogen-bond acceptors (Lipinski definition) is 2. The lowest BCUT2D eigenvalue weighted by molar-refractivity contribution is -0.0681. The summed E-state index contributed by atoms with van der Waals surface area (Å²) in [6.07, 6.45) is 1.70. The van der Waals surface area contributed by atoms with Crippen LogP contribution in [0, 0.1) is 6.92 Å². The summed E-state index contributed by atoms with van der Waals surface area (Å²) >= 11 is 3.49. The topological polar surface area (TPSA) is 29.7 Å². The molecule has 6 heteroatoms. The second-order valence-electron chi connectivity index (χ2n) is 6.76. The van der Waals surface area contributed by atoms with Crippen molar-refractivity contribution in [3.05, 3.63) is 69.5 Å². The van der Waals surface area contributed by atoms with Gasteiger partial charge >= 0.3 is 0 Å². The van der Waals surface area contributed by atoms with E-state index in [2.05, 4.69) is 26.0 Å². The molecule has 1 aliphatic heterocycles. The van der Waals surface area contributed by atoms with Gasteiger partial charge in [0.05, 0.1) is 23.1 Å². The lowest BCUT2D eigenvalue weighted by Gasteiger charge is -2.37. The van der Waals surface area contributed by atoms with Crippen LogP contribution < -0.4 is 0 Å². The van der Waals surface area contributed by atoms with Crippen molar-refractivity contribution in [1.29, 1.82) is 0 Å². The molecule has 0 aliphatic carbocycles. The predicted octanol–water partition coefficient (Wildman–Crippen LogP) is 5.13. The van der Waals surface area contributed by atoms with E-state index in [-0.39, 0.29) is 5.56 Å². The smallest absolute Gasteiger partial charge is 0.271 e. The molecule has 0 saturated heterocycles. The van der Waals surface area contributed by atoms with Gasteiger partial charge in [-0.25, -0.2) is 4.52 Å². The van der Waals surface area contributed by atoms with E-state index in [9.17, 15) is 8.78 Å². The number of rotatable bonds is 1. The zero-order valence-corrected chi connectivity index (χ0v) is 15.6. The van der Waals surface area contributed by atoms with Crippen molar-refractivity contribution in [3.8, 4) is 0 Å². The van der Waals surface area contributed by atoms with Gasteiger partial charge in [0.2, 0.25) is 0 Å². The number of hydrogen-bond donors (Lipinski definition) is 0. The molecular formula is C19H16BrF2N3. The van der Waals surface area contributed by atoms with Crippen LogP contribution in [-0.2, 0) is 5.92 Å². The van der Waals surface area contributed by atoms with Crippen LogP contribution in [0.1, 0.15) is 36.2 Å². The maximum Gasteiger partial charge on any atom is 0.297 e. The zero-order valence-electron chi connectivity index (χ0n) is 14.0. The SMILES string of the molecule is Cc1c(Br)ccc2c(C3=NC(C)(C)C(F)(F)c4ccccc43)cnn12. The summed E-state index contributed by atoms with van der Waals surface area (Å²) in [5.41, 5.74) is 2.04. The van der Waals surface area contributed by atoms with Gasteiger partial charge in [0.25, 0.3) is 5.92 Å². The molecule has 0 N–H and O–H groups in total. The highest BCUT2D eigenvalue weighted by atomic mass is 79.9. The summed E-state index contributed by atoms with van der Waals surface area (Å²) in [6.45, 7) is 4.88. The van der Waals surface area contributed by atoms with Gasteiger partial charge in [0.1, 0.15) is 5.54 Å². The lowest BCUT2D eigenvalue weighted by Crippen LogP contribution is -2.44. The van der Waals surface area contributed by atoms with E-state index in [0.717, 1.165) is 21.2 Å². The fourth-order valence-electron chi connectivity index (χ4n) is 3.25. The number of fused-ring (bicyclic) bond motifs is 2. The maximum atomic E-state index is 14.9. The highest BCUT2D eigenvalue weighted by Crippen LogP contribution is 2.46. The molecule has 0 unspecified atom stereocenters. The van der Waals surface area contributed by atoms with Gasteiger partial charge in [0, 0.05) is 21.2 Å². The van der Waals surface area contributed by atoms with Crippen molar-refractivity contribution in [2.24, 2.45) is 4.99 Å². The highest BCUT2D eigenvalue weighted by Gasteiger charge is 2.52. The Balaban J connectivity index is 2.03. The Hall–Kier alpha value is -2.08. The van der Waals surface area contributed by atoms with Crippen LogP contribution in [0.2, 0.25) is 0 Å². The monoisotopic (exact) mass is 403 g/mol. The van der Waals surface area contributed by atoms with E-state index in [1.165, 1.54) is 19.9 Å². The van der Waals surface area contributed by atoms with Crippen LogP contribution in [0.4, 0.5) is 8.78 Å². The van der Waals surface area contributed by atoms with Crippen LogP contribution in [0.5, 0.6) is 0 Å². The second kappa shape index (κ2) is 5.21. The number of aromatic nitrogens is 2. The summed E-state index contributed by atoms with van der Waals surface area (Å²) in [4.78, 5) is 4.45. The van der Waals surface area contributed by atoms with Gasteiger partial charge in [0.15, 0.2) is 0 Å². The molecule has 1 aliphatic rings. The van der Waals surface area contributed by atoms with Crippen LogP contribution in [-0.4, -0.2) is 20.9 Å². The molecule has 0 spiro atoms. The molecule has 0 fully saturated rings. The summed E-state index contributed by atoms with van der Waals surface area (Å²) in [5.74, 6) is -3.03. The first-order chi connectivity index (χ1) is 11.7. The largest absolute Gasteiger partial charge is 0.297 e. The zero-order chi connectivity index (χ0) is 18.0. The second-order valence-corrected chi connectivity index (χ2v) is 7.62. The summed E-state index contributed by atoms with van der Waals surface area (Å²) in [5, 5.41) is 4.43. The Bertz CT molecular complexity index is 1030. The molecule has 0 radical (unpaired) electrons. The first-order valence-corrected chi connectivity index (χ1v) is 8.74. The highest BCUT2D eigenvalue weighted by molar-refractivity contribution is 9.10. The standard InChI is InChI=1S/C19H16BrF2N3/c1-11-15(20)8-9-16-13(10-23-25(11)16)17-12-6-4-5-7-14(12)19(21,22)18(2,3)24-17/h4-10H,1-3H3. The Morgan fingerprint density at radius 1 is 1.04 bits per heavy atom. The molecule has 0 atom stereocenters. The van der Waals surface area contributed by atoms with E-state index in [1.54, 1.807) is 28.9 Å². The molecule has 3 aromatic rings. The van der Waals surface area contributed by atoms with Crippen molar-refractivity contribution in [2.75, 3.05) is 0 Å². The summed E-state index contributed by atoms with van der Waals surface area (Å²) in [6, 6.07) is 10.4. The Morgan fingerprint density at radius 3 is 2.52 bits per heavy atom. The van der Waals surface area contributed by atoms with E-state index >= 15 is 0 Å². The molecule has 128 valence electrons. The van der Waals surface area contributed by atoms with Gasteiger partial charge in [-0.05, 0) is 48.8 Å².